The van der Waals surface area contributed by atoms with Crippen molar-refractivity contribution in [2.75, 3.05) is 18.0 Å². The van der Waals surface area contributed by atoms with Gasteiger partial charge in [0.1, 0.15) is 6.04 Å². The second kappa shape index (κ2) is 6.84. The molecule has 0 bridgehead atoms. The molecule has 2 aromatic rings. The van der Waals surface area contributed by atoms with Crippen molar-refractivity contribution in [2.24, 2.45) is 5.73 Å². The minimum Gasteiger partial charge on any atom is -0.368 e. The van der Waals surface area contributed by atoms with E-state index in [2.05, 4.69) is 41.4 Å². The molecule has 0 aliphatic carbocycles. The average Bonchev–Trinajstić information content (AvgIpc) is 2.99. The summed E-state index contributed by atoms with van der Waals surface area (Å²) in [6, 6.07) is 18.0. The van der Waals surface area contributed by atoms with Gasteiger partial charge in [0.25, 0.3) is 0 Å². The molecule has 1 aliphatic rings. The number of hydrogen-bond acceptors (Lipinski definition) is 3. The lowest BCUT2D eigenvalue weighted by atomic mass is 10.1. The Morgan fingerprint density at radius 1 is 1.17 bits per heavy atom. The zero-order valence-corrected chi connectivity index (χ0v) is 13.4. The number of fused-ring (bicyclic) bond motifs is 1. The predicted molar refractivity (Wildman–Crippen MR) is 93.3 cm³/mol. The van der Waals surface area contributed by atoms with Crippen molar-refractivity contribution in [1.29, 1.82) is 0 Å². The standard InChI is InChI=1S/C19H23N3O/c1-14(22-12-11-15-7-5-6-10-17(15)22)13-21-18(19(20)23)16-8-3-2-4-9-16/h2-10,14,18,21H,11-13H2,1H3,(H2,20,23)/t14-,18+/m0/s1. The number of amides is 1. The number of benzene rings is 2. The van der Waals surface area contributed by atoms with E-state index in [0.29, 0.717) is 12.6 Å². The van der Waals surface area contributed by atoms with Crippen LogP contribution in [0, 0.1) is 0 Å². The van der Waals surface area contributed by atoms with Crippen molar-refractivity contribution < 1.29 is 4.79 Å². The quantitative estimate of drug-likeness (QED) is 0.860. The number of primary amides is 1. The molecule has 0 spiro atoms. The topological polar surface area (TPSA) is 58.4 Å². The van der Waals surface area contributed by atoms with Gasteiger partial charge in [-0.1, -0.05) is 48.5 Å². The van der Waals surface area contributed by atoms with Crippen LogP contribution in [-0.2, 0) is 11.2 Å². The van der Waals surface area contributed by atoms with Crippen LogP contribution in [0.15, 0.2) is 54.6 Å². The fourth-order valence-corrected chi connectivity index (χ4v) is 3.25. The number of anilines is 1. The summed E-state index contributed by atoms with van der Waals surface area (Å²) < 4.78 is 0. The van der Waals surface area contributed by atoms with Crippen LogP contribution in [0.5, 0.6) is 0 Å². The Hall–Kier alpha value is -2.33. The number of nitrogens with one attached hydrogen (secondary N) is 1. The fourth-order valence-electron chi connectivity index (χ4n) is 3.25. The van der Waals surface area contributed by atoms with E-state index in [1.54, 1.807) is 0 Å². The lowest BCUT2D eigenvalue weighted by Crippen LogP contribution is -2.43. The molecule has 2 aromatic carbocycles. The highest BCUT2D eigenvalue weighted by Gasteiger charge is 2.24. The zero-order valence-electron chi connectivity index (χ0n) is 13.4. The molecule has 2 atom stereocenters. The van der Waals surface area contributed by atoms with Gasteiger partial charge in [0, 0.05) is 24.8 Å². The van der Waals surface area contributed by atoms with E-state index in [0.717, 1.165) is 18.5 Å². The molecule has 4 heteroatoms. The summed E-state index contributed by atoms with van der Waals surface area (Å²) >= 11 is 0. The third kappa shape index (κ3) is 3.37. The molecule has 0 fully saturated rings. The van der Waals surface area contributed by atoms with Crippen LogP contribution in [0.3, 0.4) is 0 Å². The minimum absolute atomic E-state index is 0.296. The molecule has 0 radical (unpaired) electrons. The van der Waals surface area contributed by atoms with Crippen LogP contribution in [0.1, 0.15) is 24.1 Å². The van der Waals surface area contributed by atoms with Crippen LogP contribution in [0.25, 0.3) is 0 Å². The minimum atomic E-state index is -0.448. The molecule has 120 valence electrons. The van der Waals surface area contributed by atoms with E-state index >= 15 is 0 Å². The first kappa shape index (κ1) is 15.6. The fraction of sp³-hybridized carbons (Fsp3) is 0.316. The highest BCUT2D eigenvalue weighted by Crippen LogP contribution is 2.29. The van der Waals surface area contributed by atoms with Crippen LogP contribution in [-0.4, -0.2) is 25.0 Å². The van der Waals surface area contributed by atoms with Gasteiger partial charge < -0.3 is 16.0 Å². The second-order valence-electron chi connectivity index (χ2n) is 6.08. The van der Waals surface area contributed by atoms with Crippen LogP contribution in [0.2, 0.25) is 0 Å². The number of carbonyl (C=O) groups excluding carboxylic acids is 1. The molecule has 1 amide bonds. The maximum atomic E-state index is 11.8. The first-order chi connectivity index (χ1) is 11.2. The summed E-state index contributed by atoms with van der Waals surface area (Å²) in [7, 11) is 0. The number of nitrogens with zero attached hydrogens (tertiary/aromatic N) is 1. The monoisotopic (exact) mass is 309 g/mol. The molecule has 3 rings (SSSR count). The molecule has 0 saturated heterocycles. The molecular formula is C19H23N3O. The Labute approximate surface area is 137 Å². The Kier molecular flexibility index (Phi) is 4.63. The number of carbonyl (C=O) groups is 1. The summed E-state index contributed by atoms with van der Waals surface area (Å²) in [4.78, 5) is 14.2. The van der Waals surface area contributed by atoms with Gasteiger partial charge >= 0.3 is 0 Å². The van der Waals surface area contributed by atoms with E-state index in [1.807, 2.05) is 30.3 Å². The van der Waals surface area contributed by atoms with E-state index in [9.17, 15) is 4.79 Å². The first-order valence-corrected chi connectivity index (χ1v) is 8.09. The van der Waals surface area contributed by atoms with Crippen molar-refractivity contribution in [2.45, 2.75) is 25.4 Å². The normalized spacial score (nSPS) is 16.0. The lowest BCUT2D eigenvalue weighted by molar-refractivity contribution is -0.120. The van der Waals surface area contributed by atoms with Gasteiger partial charge in [-0.15, -0.1) is 0 Å². The van der Waals surface area contributed by atoms with Crippen molar-refractivity contribution in [1.82, 2.24) is 5.32 Å². The molecule has 0 unspecified atom stereocenters. The molecule has 1 aliphatic heterocycles. The molecule has 23 heavy (non-hydrogen) atoms. The highest BCUT2D eigenvalue weighted by atomic mass is 16.1. The van der Waals surface area contributed by atoms with Crippen molar-refractivity contribution in [3.8, 4) is 0 Å². The van der Waals surface area contributed by atoms with Crippen LogP contribution in [0.4, 0.5) is 5.69 Å². The Morgan fingerprint density at radius 2 is 1.87 bits per heavy atom. The Morgan fingerprint density at radius 3 is 2.61 bits per heavy atom. The second-order valence-corrected chi connectivity index (χ2v) is 6.08. The molecular weight excluding hydrogens is 286 g/mol. The SMILES string of the molecule is C[C@@H](CN[C@@H](C(N)=O)c1ccccc1)N1CCc2ccccc21. The Bertz CT molecular complexity index is 671. The maximum Gasteiger partial charge on any atom is 0.239 e. The zero-order chi connectivity index (χ0) is 16.2. The van der Waals surface area contributed by atoms with Gasteiger partial charge in [-0.3, -0.25) is 4.79 Å². The van der Waals surface area contributed by atoms with Gasteiger partial charge in [-0.2, -0.15) is 0 Å². The van der Waals surface area contributed by atoms with Crippen molar-refractivity contribution in [3.05, 3.63) is 65.7 Å². The first-order valence-electron chi connectivity index (χ1n) is 8.09. The van der Waals surface area contributed by atoms with Gasteiger partial charge in [0.2, 0.25) is 5.91 Å². The van der Waals surface area contributed by atoms with Gasteiger partial charge in [0.05, 0.1) is 0 Å². The number of hydrogen-bond donors (Lipinski definition) is 2. The molecule has 3 N–H and O–H groups in total. The van der Waals surface area contributed by atoms with E-state index in [4.69, 9.17) is 5.73 Å². The van der Waals surface area contributed by atoms with Gasteiger partial charge in [-0.05, 0) is 30.5 Å². The molecule has 4 nitrogen and oxygen atoms in total. The highest BCUT2D eigenvalue weighted by molar-refractivity contribution is 5.81. The molecule has 0 saturated carbocycles. The van der Waals surface area contributed by atoms with E-state index in [1.165, 1.54) is 11.3 Å². The summed E-state index contributed by atoms with van der Waals surface area (Å²) in [5, 5.41) is 3.33. The summed E-state index contributed by atoms with van der Waals surface area (Å²) in [5.41, 5.74) is 9.18. The largest absolute Gasteiger partial charge is 0.368 e. The third-order valence-electron chi connectivity index (χ3n) is 4.49. The maximum absolute atomic E-state index is 11.8. The van der Waals surface area contributed by atoms with Crippen LogP contribution < -0.4 is 16.0 Å². The molecule has 1 heterocycles. The van der Waals surface area contributed by atoms with E-state index < -0.39 is 6.04 Å². The third-order valence-corrected chi connectivity index (χ3v) is 4.49. The van der Waals surface area contributed by atoms with Gasteiger partial charge in [-0.25, -0.2) is 0 Å². The summed E-state index contributed by atoms with van der Waals surface area (Å²) in [6.45, 7) is 3.91. The van der Waals surface area contributed by atoms with E-state index in [-0.39, 0.29) is 5.91 Å². The van der Waals surface area contributed by atoms with Gasteiger partial charge in [0.15, 0.2) is 0 Å². The number of nitrogens with two attached hydrogens (primary N) is 1. The van der Waals surface area contributed by atoms with Crippen LogP contribution >= 0.6 is 0 Å². The number of para-hydroxylation sites is 1. The van der Waals surface area contributed by atoms with Crippen molar-refractivity contribution in [3.63, 3.8) is 0 Å². The lowest BCUT2D eigenvalue weighted by Gasteiger charge is -2.29. The number of rotatable bonds is 6. The predicted octanol–water partition coefficient (Wildman–Crippen LogP) is 2.25. The summed E-state index contributed by atoms with van der Waals surface area (Å²) in [6.07, 6.45) is 1.08. The average molecular weight is 309 g/mol. The van der Waals surface area contributed by atoms with Crippen molar-refractivity contribution >= 4 is 11.6 Å². The Balaban J connectivity index is 1.66. The summed E-state index contributed by atoms with van der Waals surface area (Å²) in [5.74, 6) is -0.342. The molecule has 0 aromatic heterocycles. The smallest absolute Gasteiger partial charge is 0.239 e.